The highest BCUT2D eigenvalue weighted by Gasteiger charge is 2.20. The molecule has 0 unspecified atom stereocenters. The molecule has 2 rings (SSSR count). The third-order valence-corrected chi connectivity index (χ3v) is 3.85. The van der Waals surface area contributed by atoms with Gasteiger partial charge < -0.3 is 20.3 Å². The number of aliphatic hydroxyl groups excluding tert-OH is 1. The molecule has 0 atom stereocenters. The van der Waals surface area contributed by atoms with E-state index in [-0.39, 0.29) is 11.7 Å². The maximum Gasteiger partial charge on any atom is 0.337 e. The van der Waals surface area contributed by atoms with Crippen molar-refractivity contribution >= 4 is 11.7 Å². The standard InChI is InChI=1S/C15H21NO4/c1-20-12-6-7-13(15(18)19)14(8-12)16-9-10-2-4-11(17)5-3-10/h6-8,10-11,16-17H,2-5,9H2,1H3,(H,18,19). The average Bonchev–Trinajstić information content (AvgIpc) is 2.46. The number of carboxylic acids is 1. The second-order valence-electron chi connectivity index (χ2n) is 5.27. The van der Waals surface area contributed by atoms with Crippen molar-refractivity contribution in [1.82, 2.24) is 0 Å². The first-order valence-corrected chi connectivity index (χ1v) is 6.93. The molecule has 1 fully saturated rings. The molecule has 0 saturated heterocycles. The summed E-state index contributed by atoms with van der Waals surface area (Å²) < 4.78 is 5.13. The third-order valence-electron chi connectivity index (χ3n) is 3.85. The summed E-state index contributed by atoms with van der Waals surface area (Å²) in [7, 11) is 1.56. The van der Waals surface area contributed by atoms with E-state index in [0.29, 0.717) is 17.4 Å². The first-order chi connectivity index (χ1) is 9.60. The summed E-state index contributed by atoms with van der Waals surface area (Å²) in [5, 5.41) is 21.9. The van der Waals surface area contributed by atoms with Crippen LogP contribution >= 0.6 is 0 Å². The van der Waals surface area contributed by atoms with Gasteiger partial charge in [0.25, 0.3) is 0 Å². The summed E-state index contributed by atoms with van der Waals surface area (Å²) in [5.74, 6) is 0.164. The lowest BCUT2D eigenvalue weighted by atomic mass is 9.87. The average molecular weight is 279 g/mol. The van der Waals surface area contributed by atoms with Crippen LogP contribution in [-0.4, -0.2) is 35.9 Å². The van der Waals surface area contributed by atoms with Crippen LogP contribution in [0.4, 0.5) is 5.69 Å². The molecule has 5 nitrogen and oxygen atoms in total. The van der Waals surface area contributed by atoms with Gasteiger partial charge >= 0.3 is 5.97 Å². The number of methoxy groups -OCH3 is 1. The van der Waals surface area contributed by atoms with Gasteiger partial charge in [0.05, 0.1) is 24.5 Å². The molecule has 20 heavy (non-hydrogen) atoms. The van der Waals surface area contributed by atoms with Gasteiger partial charge in [-0.1, -0.05) is 0 Å². The molecule has 1 aromatic rings. The second kappa shape index (κ2) is 6.61. The van der Waals surface area contributed by atoms with E-state index in [1.165, 1.54) is 0 Å². The molecule has 5 heteroatoms. The number of nitrogens with one attached hydrogen (secondary N) is 1. The lowest BCUT2D eigenvalue weighted by Crippen LogP contribution is -2.24. The lowest BCUT2D eigenvalue weighted by Gasteiger charge is -2.26. The number of rotatable bonds is 5. The zero-order valence-corrected chi connectivity index (χ0v) is 11.6. The fourth-order valence-corrected chi connectivity index (χ4v) is 2.59. The molecule has 0 aromatic heterocycles. The van der Waals surface area contributed by atoms with Crippen LogP contribution in [0, 0.1) is 5.92 Å². The molecule has 110 valence electrons. The molecule has 0 bridgehead atoms. The third kappa shape index (κ3) is 3.63. The molecule has 1 saturated carbocycles. The highest BCUT2D eigenvalue weighted by atomic mass is 16.5. The largest absolute Gasteiger partial charge is 0.497 e. The Morgan fingerprint density at radius 2 is 2.05 bits per heavy atom. The summed E-state index contributed by atoms with van der Waals surface area (Å²) in [6.45, 7) is 0.722. The van der Waals surface area contributed by atoms with Gasteiger partial charge in [-0.15, -0.1) is 0 Å². The molecule has 3 N–H and O–H groups in total. The lowest BCUT2D eigenvalue weighted by molar-refractivity contribution is 0.0698. The maximum absolute atomic E-state index is 11.2. The van der Waals surface area contributed by atoms with Crippen LogP contribution in [-0.2, 0) is 0 Å². The van der Waals surface area contributed by atoms with E-state index in [4.69, 9.17) is 4.74 Å². The number of carbonyl (C=O) groups is 1. The van der Waals surface area contributed by atoms with E-state index in [0.717, 1.165) is 32.2 Å². The predicted octanol–water partition coefficient (Wildman–Crippen LogP) is 2.36. The van der Waals surface area contributed by atoms with Crippen LogP contribution in [0.25, 0.3) is 0 Å². The van der Waals surface area contributed by atoms with Gasteiger partial charge in [0.2, 0.25) is 0 Å². The van der Waals surface area contributed by atoms with Crippen molar-refractivity contribution in [3.8, 4) is 5.75 Å². The first-order valence-electron chi connectivity index (χ1n) is 6.93. The molecule has 0 spiro atoms. The summed E-state index contributed by atoms with van der Waals surface area (Å²) in [4.78, 5) is 11.2. The fraction of sp³-hybridized carbons (Fsp3) is 0.533. The van der Waals surface area contributed by atoms with Crippen molar-refractivity contribution in [2.24, 2.45) is 5.92 Å². The molecule has 1 aromatic carbocycles. The van der Waals surface area contributed by atoms with Crippen molar-refractivity contribution in [2.75, 3.05) is 19.0 Å². The van der Waals surface area contributed by atoms with Crippen molar-refractivity contribution in [2.45, 2.75) is 31.8 Å². The molecule has 1 aliphatic carbocycles. The Morgan fingerprint density at radius 1 is 1.35 bits per heavy atom. The quantitative estimate of drug-likeness (QED) is 0.771. The number of anilines is 1. The number of carboxylic acid groups (broad SMARTS) is 1. The van der Waals surface area contributed by atoms with Crippen molar-refractivity contribution in [3.05, 3.63) is 23.8 Å². The molecule has 0 radical (unpaired) electrons. The first kappa shape index (κ1) is 14.7. The zero-order chi connectivity index (χ0) is 14.5. The molecular weight excluding hydrogens is 258 g/mol. The molecule has 0 amide bonds. The minimum Gasteiger partial charge on any atom is -0.497 e. The number of aliphatic hydroxyl groups is 1. The fourth-order valence-electron chi connectivity index (χ4n) is 2.59. The van der Waals surface area contributed by atoms with Gasteiger partial charge in [-0.05, 0) is 43.7 Å². The summed E-state index contributed by atoms with van der Waals surface area (Å²) >= 11 is 0. The van der Waals surface area contributed by atoms with E-state index in [1.54, 1.807) is 25.3 Å². The van der Waals surface area contributed by atoms with Gasteiger partial charge in [0.15, 0.2) is 0 Å². The van der Waals surface area contributed by atoms with E-state index >= 15 is 0 Å². The number of hydrogen-bond acceptors (Lipinski definition) is 4. The Kier molecular flexibility index (Phi) is 4.84. The van der Waals surface area contributed by atoms with Crippen LogP contribution in [0.5, 0.6) is 5.75 Å². The van der Waals surface area contributed by atoms with Crippen molar-refractivity contribution in [3.63, 3.8) is 0 Å². The molecule has 1 aliphatic rings. The maximum atomic E-state index is 11.2. The smallest absolute Gasteiger partial charge is 0.337 e. The minimum atomic E-state index is -0.950. The van der Waals surface area contributed by atoms with Crippen LogP contribution in [0.3, 0.4) is 0 Å². The van der Waals surface area contributed by atoms with Crippen molar-refractivity contribution in [1.29, 1.82) is 0 Å². The number of aromatic carboxylic acids is 1. The van der Waals surface area contributed by atoms with Gasteiger partial charge in [0, 0.05) is 12.6 Å². The normalized spacial score (nSPS) is 22.3. The molecule has 0 aliphatic heterocycles. The van der Waals surface area contributed by atoms with Crippen LogP contribution in [0.15, 0.2) is 18.2 Å². The Morgan fingerprint density at radius 3 is 2.65 bits per heavy atom. The Labute approximate surface area is 118 Å². The Balaban J connectivity index is 2.02. The zero-order valence-electron chi connectivity index (χ0n) is 11.6. The monoisotopic (exact) mass is 279 g/mol. The highest BCUT2D eigenvalue weighted by Crippen LogP contribution is 2.27. The second-order valence-corrected chi connectivity index (χ2v) is 5.27. The van der Waals surface area contributed by atoms with E-state index in [2.05, 4.69) is 5.32 Å². The van der Waals surface area contributed by atoms with Gasteiger partial charge in [0.1, 0.15) is 5.75 Å². The Bertz CT molecular complexity index is 467. The summed E-state index contributed by atoms with van der Waals surface area (Å²) in [6, 6.07) is 4.90. The van der Waals surface area contributed by atoms with E-state index < -0.39 is 5.97 Å². The number of ether oxygens (including phenoxy) is 1. The van der Waals surface area contributed by atoms with Gasteiger partial charge in [-0.25, -0.2) is 4.79 Å². The van der Waals surface area contributed by atoms with E-state index in [9.17, 15) is 15.0 Å². The van der Waals surface area contributed by atoms with Crippen molar-refractivity contribution < 1.29 is 19.7 Å². The number of hydrogen-bond donors (Lipinski definition) is 3. The molecular formula is C15H21NO4. The predicted molar refractivity (Wildman–Crippen MR) is 76.4 cm³/mol. The SMILES string of the molecule is COc1ccc(C(=O)O)c(NCC2CCC(O)CC2)c1. The molecule has 0 heterocycles. The summed E-state index contributed by atoms with van der Waals surface area (Å²) in [5.41, 5.74) is 0.838. The van der Waals surface area contributed by atoms with Gasteiger partial charge in [-0.2, -0.15) is 0 Å². The van der Waals surface area contributed by atoms with E-state index in [1.807, 2.05) is 0 Å². The minimum absolute atomic E-state index is 0.169. The van der Waals surface area contributed by atoms with Gasteiger partial charge in [-0.3, -0.25) is 0 Å². The van der Waals surface area contributed by atoms with Crippen LogP contribution in [0.1, 0.15) is 36.0 Å². The van der Waals surface area contributed by atoms with Crippen LogP contribution < -0.4 is 10.1 Å². The topological polar surface area (TPSA) is 78.8 Å². The summed E-state index contributed by atoms with van der Waals surface area (Å²) in [6.07, 6.45) is 3.44. The number of benzene rings is 1. The Hall–Kier alpha value is -1.75. The highest BCUT2D eigenvalue weighted by molar-refractivity contribution is 5.94. The van der Waals surface area contributed by atoms with Crippen LogP contribution in [0.2, 0.25) is 0 Å².